The summed E-state index contributed by atoms with van der Waals surface area (Å²) in [5.41, 5.74) is 0. The Balaban J connectivity index is 0. The van der Waals surface area contributed by atoms with Gasteiger partial charge < -0.3 is 14.7 Å². The Hall–Kier alpha value is 0.140. The Morgan fingerprint density at radius 2 is 1.80 bits per heavy atom. The number of carboxylic acid groups (broad SMARTS) is 1. The zero-order valence-corrected chi connectivity index (χ0v) is 8.35. The maximum atomic E-state index is 10.2. The molecule has 4 heteroatoms. The molecule has 0 aliphatic carbocycles. The topological polar surface area (TPSA) is 57.2 Å². The number of hydrogen-bond donors (Lipinski definition) is 0. The minimum Gasteiger partial charge on any atom is -0.550 e. The minimum absolute atomic E-state index is 0. The molecule has 0 N–H and O–H groups in total. The monoisotopic (exact) mass is 152 g/mol. The summed E-state index contributed by atoms with van der Waals surface area (Å²) in [5.74, 6) is -1.06. The first-order valence-corrected chi connectivity index (χ1v) is 2.82. The van der Waals surface area contributed by atoms with E-state index in [9.17, 15) is 14.7 Å². The summed E-state index contributed by atoms with van der Waals surface area (Å²) in [5, 5.41) is 9.76. The molecule has 3 nitrogen and oxygen atoms in total. The van der Waals surface area contributed by atoms with Crippen molar-refractivity contribution in [3.63, 3.8) is 0 Å². The van der Waals surface area contributed by atoms with Gasteiger partial charge in [-0.15, -0.1) is 0 Å². The van der Waals surface area contributed by atoms with Gasteiger partial charge in [0, 0.05) is 12.4 Å². The Morgan fingerprint density at radius 3 is 2.10 bits per heavy atom. The van der Waals surface area contributed by atoms with Gasteiger partial charge in [-0.1, -0.05) is 0 Å². The van der Waals surface area contributed by atoms with Crippen LogP contribution < -0.4 is 34.7 Å². The average molecular weight is 152 g/mol. The van der Waals surface area contributed by atoms with E-state index in [2.05, 4.69) is 0 Å². The Morgan fingerprint density at radius 1 is 1.30 bits per heavy atom. The molecule has 10 heavy (non-hydrogen) atoms. The molecular formula is C6H9NaO3. The summed E-state index contributed by atoms with van der Waals surface area (Å²) < 4.78 is 0. The summed E-state index contributed by atoms with van der Waals surface area (Å²) >= 11 is 0. The van der Waals surface area contributed by atoms with Crippen LogP contribution in [0.2, 0.25) is 0 Å². The van der Waals surface area contributed by atoms with E-state index in [0.717, 1.165) is 0 Å². The van der Waals surface area contributed by atoms with Gasteiger partial charge in [0.05, 0.1) is 0 Å². The second-order valence-electron chi connectivity index (χ2n) is 1.93. The standard InChI is InChI=1S/C6H10O3.Na/c1-5(7)3-2-4-6(8)9;/h2-4H2,1H3,(H,8,9);/q;+1/p-1. The quantitative estimate of drug-likeness (QED) is 0.393. The second kappa shape index (κ2) is 7.25. The van der Waals surface area contributed by atoms with Crippen molar-refractivity contribution >= 4 is 11.8 Å². The van der Waals surface area contributed by atoms with Crippen molar-refractivity contribution in [2.24, 2.45) is 0 Å². The summed E-state index contributed by atoms with van der Waals surface area (Å²) in [6.45, 7) is 1.44. The van der Waals surface area contributed by atoms with Gasteiger partial charge in [-0.25, -0.2) is 0 Å². The minimum atomic E-state index is -1.09. The molecule has 0 spiro atoms. The van der Waals surface area contributed by atoms with Crippen LogP contribution >= 0.6 is 0 Å². The second-order valence-corrected chi connectivity index (χ2v) is 1.93. The molecule has 0 atom stereocenters. The van der Waals surface area contributed by atoms with Crippen molar-refractivity contribution in [2.45, 2.75) is 26.2 Å². The van der Waals surface area contributed by atoms with Crippen LogP contribution in [0.1, 0.15) is 26.2 Å². The number of carbonyl (C=O) groups excluding carboxylic acids is 2. The third kappa shape index (κ3) is 11.0. The first kappa shape index (κ1) is 12.8. The molecule has 0 fully saturated rings. The van der Waals surface area contributed by atoms with Crippen LogP contribution in [0.5, 0.6) is 0 Å². The van der Waals surface area contributed by atoms with Crippen LogP contribution in [0.3, 0.4) is 0 Å². The third-order valence-electron chi connectivity index (χ3n) is 0.910. The molecule has 0 saturated heterocycles. The van der Waals surface area contributed by atoms with Gasteiger partial charge in [0.15, 0.2) is 0 Å². The number of carbonyl (C=O) groups is 2. The van der Waals surface area contributed by atoms with Crippen LogP contribution in [-0.2, 0) is 9.59 Å². The summed E-state index contributed by atoms with van der Waals surface area (Å²) in [6, 6.07) is 0. The first-order chi connectivity index (χ1) is 4.13. The van der Waals surface area contributed by atoms with E-state index < -0.39 is 5.97 Å². The van der Waals surface area contributed by atoms with Crippen LogP contribution in [0.4, 0.5) is 0 Å². The molecule has 0 aromatic heterocycles. The largest absolute Gasteiger partial charge is 1.00 e. The number of rotatable bonds is 4. The van der Waals surface area contributed by atoms with E-state index in [4.69, 9.17) is 0 Å². The molecule has 52 valence electrons. The van der Waals surface area contributed by atoms with Gasteiger partial charge in [0.1, 0.15) is 5.78 Å². The van der Waals surface area contributed by atoms with Gasteiger partial charge >= 0.3 is 29.6 Å². The van der Waals surface area contributed by atoms with E-state index >= 15 is 0 Å². The Kier molecular flexibility index (Phi) is 9.27. The Labute approximate surface area is 82.1 Å². The molecule has 0 aromatic carbocycles. The van der Waals surface area contributed by atoms with Crippen LogP contribution in [0.25, 0.3) is 0 Å². The van der Waals surface area contributed by atoms with Crippen molar-refractivity contribution in [3.05, 3.63) is 0 Å². The summed E-state index contributed by atoms with van der Waals surface area (Å²) in [4.78, 5) is 20.0. The maximum absolute atomic E-state index is 10.2. The number of Topliss-reactive ketones (excluding diaryl/α,β-unsaturated/α-hetero) is 1. The average Bonchev–Trinajstić information content (AvgIpc) is 1.63. The fourth-order valence-electron chi connectivity index (χ4n) is 0.482. The molecule has 0 saturated carbocycles. The van der Waals surface area contributed by atoms with Crippen molar-refractivity contribution < 1.29 is 44.3 Å². The predicted octanol–water partition coefficient (Wildman–Crippen LogP) is -3.50. The van der Waals surface area contributed by atoms with Gasteiger partial charge in [-0.3, -0.25) is 0 Å². The van der Waals surface area contributed by atoms with E-state index in [0.29, 0.717) is 12.8 Å². The molecule has 0 rings (SSSR count). The van der Waals surface area contributed by atoms with Crippen molar-refractivity contribution in [1.29, 1.82) is 0 Å². The Bertz CT molecular complexity index is 108. The fraction of sp³-hybridized carbons (Fsp3) is 0.667. The molecule has 0 aliphatic heterocycles. The molecule has 0 amide bonds. The van der Waals surface area contributed by atoms with Crippen molar-refractivity contribution in [2.75, 3.05) is 0 Å². The third-order valence-corrected chi connectivity index (χ3v) is 0.910. The normalized spacial score (nSPS) is 8.10. The fourth-order valence-corrected chi connectivity index (χ4v) is 0.482. The van der Waals surface area contributed by atoms with Gasteiger partial charge in [0.25, 0.3) is 0 Å². The van der Waals surface area contributed by atoms with E-state index in [1.807, 2.05) is 0 Å². The maximum Gasteiger partial charge on any atom is 1.00 e. The summed E-state index contributed by atoms with van der Waals surface area (Å²) in [7, 11) is 0. The molecule has 0 bridgehead atoms. The predicted molar refractivity (Wildman–Crippen MR) is 29.5 cm³/mol. The molecule has 0 radical (unpaired) electrons. The van der Waals surface area contributed by atoms with E-state index in [-0.39, 0.29) is 41.8 Å². The molecule has 0 aromatic rings. The van der Waals surface area contributed by atoms with Gasteiger partial charge in [-0.2, -0.15) is 0 Å². The molecule has 0 heterocycles. The smallest absolute Gasteiger partial charge is 0.550 e. The van der Waals surface area contributed by atoms with Crippen LogP contribution in [-0.4, -0.2) is 11.8 Å². The number of ketones is 1. The summed E-state index contributed by atoms with van der Waals surface area (Å²) in [6.07, 6.45) is 0.727. The van der Waals surface area contributed by atoms with E-state index in [1.165, 1.54) is 6.92 Å². The van der Waals surface area contributed by atoms with Crippen LogP contribution in [0.15, 0.2) is 0 Å². The number of aliphatic carboxylic acids is 1. The van der Waals surface area contributed by atoms with E-state index in [1.54, 1.807) is 0 Å². The first-order valence-electron chi connectivity index (χ1n) is 2.82. The zero-order valence-electron chi connectivity index (χ0n) is 6.35. The SMILES string of the molecule is CC(=O)CCCC(=O)[O-].[Na+]. The van der Waals surface area contributed by atoms with Crippen LogP contribution in [0, 0.1) is 0 Å². The van der Waals surface area contributed by atoms with Crippen molar-refractivity contribution in [1.82, 2.24) is 0 Å². The molecule has 0 aliphatic rings. The van der Waals surface area contributed by atoms with Gasteiger partial charge in [-0.05, 0) is 19.8 Å². The van der Waals surface area contributed by atoms with Crippen molar-refractivity contribution in [3.8, 4) is 0 Å². The molecular weight excluding hydrogens is 143 g/mol. The zero-order chi connectivity index (χ0) is 7.28. The number of hydrogen-bond acceptors (Lipinski definition) is 3. The number of carboxylic acids is 1. The molecule has 0 unspecified atom stereocenters. The van der Waals surface area contributed by atoms with Gasteiger partial charge in [0.2, 0.25) is 0 Å².